The van der Waals surface area contributed by atoms with E-state index in [1.807, 2.05) is 26.1 Å². The second-order valence-electron chi connectivity index (χ2n) is 5.40. The Balaban J connectivity index is 1.96. The minimum Gasteiger partial charge on any atom is -0.489 e. The van der Waals surface area contributed by atoms with Crippen LogP contribution in [0, 0.1) is 12.7 Å². The average molecular weight is 287 g/mol. The molecule has 0 aromatic heterocycles. The van der Waals surface area contributed by atoms with E-state index in [1.54, 1.807) is 6.07 Å². The summed E-state index contributed by atoms with van der Waals surface area (Å²) in [6.07, 6.45) is 0.986. The SMILES string of the molecule is CNC(C)Cc1ccc(OCc2cc(F)ccc2C)cc1. The Morgan fingerprint density at radius 3 is 2.52 bits per heavy atom. The Morgan fingerprint density at radius 2 is 1.86 bits per heavy atom. The lowest BCUT2D eigenvalue weighted by molar-refractivity contribution is 0.304. The standard InChI is InChI=1S/C18H22FNO/c1-13-4-7-17(19)11-16(13)12-21-18-8-5-15(6-9-18)10-14(2)20-3/h4-9,11,14,20H,10,12H2,1-3H3. The predicted molar refractivity (Wildman–Crippen MR) is 84.1 cm³/mol. The Hall–Kier alpha value is -1.87. The average Bonchev–Trinajstić information content (AvgIpc) is 2.49. The zero-order valence-electron chi connectivity index (χ0n) is 12.8. The highest BCUT2D eigenvalue weighted by Gasteiger charge is 2.03. The van der Waals surface area contributed by atoms with Gasteiger partial charge in [0, 0.05) is 6.04 Å². The molecular weight excluding hydrogens is 265 g/mol. The summed E-state index contributed by atoms with van der Waals surface area (Å²) in [5, 5.41) is 3.22. The van der Waals surface area contributed by atoms with E-state index >= 15 is 0 Å². The normalized spacial score (nSPS) is 12.2. The van der Waals surface area contributed by atoms with E-state index in [4.69, 9.17) is 4.74 Å². The summed E-state index contributed by atoms with van der Waals surface area (Å²) < 4.78 is 19.0. The number of aryl methyl sites for hydroxylation is 1. The molecule has 1 atom stereocenters. The molecule has 112 valence electrons. The molecule has 0 fully saturated rings. The number of benzene rings is 2. The summed E-state index contributed by atoms with van der Waals surface area (Å²) in [5.74, 6) is 0.579. The van der Waals surface area contributed by atoms with Crippen LogP contribution in [0.4, 0.5) is 4.39 Å². The van der Waals surface area contributed by atoms with E-state index in [9.17, 15) is 4.39 Å². The molecule has 0 aliphatic carbocycles. The minimum absolute atomic E-state index is 0.226. The van der Waals surface area contributed by atoms with Crippen LogP contribution < -0.4 is 10.1 Å². The van der Waals surface area contributed by atoms with Gasteiger partial charge >= 0.3 is 0 Å². The highest BCUT2D eigenvalue weighted by molar-refractivity contribution is 5.30. The minimum atomic E-state index is -0.226. The lowest BCUT2D eigenvalue weighted by Crippen LogP contribution is -2.23. The first kappa shape index (κ1) is 15.5. The molecule has 0 heterocycles. The van der Waals surface area contributed by atoms with Crippen LogP contribution in [-0.4, -0.2) is 13.1 Å². The van der Waals surface area contributed by atoms with Crippen molar-refractivity contribution in [2.75, 3.05) is 7.05 Å². The van der Waals surface area contributed by atoms with Crippen LogP contribution in [-0.2, 0) is 13.0 Å². The van der Waals surface area contributed by atoms with E-state index in [1.165, 1.54) is 17.7 Å². The highest BCUT2D eigenvalue weighted by atomic mass is 19.1. The van der Waals surface area contributed by atoms with Crippen molar-refractivity contribution in [2.45, 2.75) is 32.9 Å². The molecule has 0 aliphatic heterocycles. The number of rotatable bonds is 6. The lowest BCUT2D eigenvalue weighted by Gasteiger charge is -2.12. The molecule has 2 rings (SSSR count). The Kier molecular flexibility index (Phi) is 5.34. The molecule has 0 amide bonds. The van der Waals surface area contributed by atoms with Crippen molar-refractivity contribution in [1.82, 2.24) is 5.32 Å². The molecule has 0 saturated heterocycles. The van der Waals surface area contributed by atoms with E-state index in [0.29, 0.717) is 12.6 Å². The van der Waals surface area contributed by atoms with Gasteiger partial charge in [0.15, 0.2) is 0 Å². The van der Waals surface area contributed by atoms with Crippen LogP contribution in [0.25, 0.3) is 0 Å². The molecule has 0 bridgehead atoms. The van der Waals surface area contributed by atoms with Gasteiger partial charge in [0.1, 0.15) is 18.2 Å². The fourth-order valence-corrected chi connectivity index (χ4v) is 2.13. The zero-order valence-corrected chi connectivity index (χ0v) is 12.8. The van der Waals surface area contributed by atoms with Gasteiger partial charge in [0.2, 0.25) is 0 Å². The molecule has 1 unspecified atom stereocenters. The van der Waals surface area contributed by atoms with Crippen molar-refractivity contribution in [3.63, 3.8) is 0 Å². The molecule has 0 saturated carbocycles. The second kappa shape index (κ2) is 7.23. The largest absolute Gasteiger partial charge is 0.489 e. The molecule has 0 aliphatic rings. The summed E-state index contributed by atoms with van der Waals surface area (Å²) in [6.45, 7) is 4.49. The first-order chi connectivity index (χ1) is 10.1. The Bertz CT molecular complexity index is 580. The third-order valence-electron chi connectivity index (χ3n) is 3.66. The molecular formula is C18H22FNO. The van der Waals surface area contributed by atoms with Gasteiger partial charge in [0.25, 0.3) is 0 Å². The smallest absolute Gasteiger partial charge is 0.123 e. The molecule has 21 heavy (non-hydrogen) atoms. The topological polar surface area (TPSA) is 21.3 Å². The molecule has 3 heteroatoms. The fourth-order valence-electron chi connectivity index (χ4n) is 2.13. The van der Waals surface area contributed by atoms with Crippen molar-refractivity contribution < 1.29 is 9.13 Å². The van der Waals surface area contributed by atoms with Crippen molar-refractivity contribution in [2.24, 2.45) is 0 Å². The van der Waals surface area contributed by atoms with Gasteiger partial charge < -0.3 is 10.1 Å². The highest BCUT2D eigenvalue weighted by Crippen LogP contribution is 2.17. The van der Waals surface area contributed by atoms with E-state index in [0.717, 1.165) is 23.3 Å². The number of nitrogens with one attached hydrogen (secondary N) is 1. The van der Waals surface area contributed by atoms with Crippen LogP contribution in [0.15, 0.2) is 42.5 Å². The van der Waals surface area contributed by atoms with Crippen molar-refractivity contribution in [3.8, 4) is 5.75 Å². The van der Waals surface area contributed by atoms with Crippen LogP contribution in [0.3, 0.4) is 0 Å². The van der Waals surface area contributed by atoms with Crippen LogP contribution in [0.5, 0.6) is 5.75 Å². The molecule has 2 nitrogen and oxygen atoms in total. The summed E-state index contributed by atoms with van der Waals surface area (Å²) in [6, 6.07) is 13.3. The summed E-state index contributed by atoms with van der Waals surface area (Å²) in [4.78, 5) is 0. The van der Waals surface area contributed by atoms with Gasteiger partial charge in [-0.15, -0.1) is 0 Å². The first-order valence-corrected chi connectivity index (χ1v) is 7.22. The summed E-state index contributed by atoms with van der Waals surface area (Å²) in [5.41, 5.74) is 3.19. The predicted octanol–water partition coefficient (Wildman–Crippen LogP) is 3.86. The monoisotopic (exact) mass is 287 g/mol. The molecule has 1 N–H and O–H groups in total. The summed E-state index contributed by atoms with van der Waals surface area (Å²) >= 11 is 0. The molecule has 2 aromatic carbocycles. The number of ether oxygens (including phenoxy) is 1. The lowest BCUT2D eigenvalue weighted by atomic mass is 10.1. The van der Waals surface area contributed by atoms with Gasteiger partial charge in [-0.05, 0) is 68.3 Å². The van der Waals surface area contributed by atoms with Gasteiger partial charge in [-0.2, -0.15) is 0 Å². The zero-order chi connectivity index (χ0) is 15.2. The number of halogens is 1. The molecule has 2 aromatic rings. The third-order valence-corrected chi connectivity index (χ3v) is 3.66. The van der Waals surface area contributed by atoms with Crippen LogP contribution in [0.1, 0.15) is 23.6 Å². The van der Waals surface area contributed by atoms with Crippen LogP contribution >= 0.6 is 0 Å². The van der Waals surface area contributed by atoms with Gasteiger partial charge in [-0.1, -0.05) is 18.2 Å². The van der Waals surface area contributed by atoms with E-state index in [2.05, 4.69) is 24.4 Å². The number of likely N-dealkylation sites (N-methyl/N-ethyl adjacent to an activating group) is 1. The quantitative estimate of drug-likeness (QED) is 0.871. The van der Waals surface area contributed by atoms with Crippen molar-refractivity contribution >= 4 is 0 Å². The van der Waals surface area contributed by atoms with Crippen molar-refractivity contribution in [1.29, 1.82) is 0 Å². The van der Waals surface area contributed by atoms with Gasteiger partial charge in [0.05, 0.1) is 0 Å². The van der Waals surface area contributed by atoms with Crippen LogP contribution in [0.2, 0.25) is 0 Å². The van der Waals surface area contributed by atoms with E-state index < -0.39 is 0 Å². The maximum absolute atomic E-state index is 13.2. The number of hydrogen-bond acceptors (Lipinski definition) is 2. The maximum Gasteiger partial charge on any atom is 0.123 e. The fraction of sp³-hybridized carbons (Fsp3) is 0.333. The van der Waals surface area contributed by atoms with Gasteiger partial charge in [-0.25, -0.2) is 4.39 Å². The first-order valence-electron chi connectivity index (χ1n) is 7.22. The van der Waals surface area contributed by atoms with Gasteiger partial charge in [-0.3, -0.25) is 0 Å². The van der Waals surface area contributed by atoms with E-state index in [-0.39, 0.29) is 5.82 Å². The maximum atomic E-state index is 13.2. The Labute approximate surface area is 126 Å². The number of hydrogen-bond donors (Lipinski definition) is 1. The molecule has 0 spiro atoms. The third kappa shape index (κ3) is 4.57. The molecule has 0 radical (unpaired) electrons. The summed E-state index contributed by atoms with van der Waals surface area (Å²) in [7, 11) is 1.96. The van der Waals surface area contributed by atoms with Crippen molar-refractivity contribution in [3.05, 3.63) is 65.0 Å². The second-order valence-corrected chi connectivity index (χ2v) is 5.40. The Morgan fingerprint density at radius 1 is 1.14 bits per heavy atom.